The zero-order valence-electron chi connectivity index (χ0n) is 12.6. The monoisotopic (exact) mass is 282 g/mol. The van der Waals surface area contributed by atoms with Gasteiger partial charge in [-0.05, 0) is 27.2 Å². The molecule has 2 atom stereocenters. The molecule has 3 N–H and O–H groups in total. The number of hydrogen-bond donors (Lipinski definition) is 2. The van der Waals surface area contributed by atoms with E-state index in [2.05, 4.69) is 10.4 Å². The lowest BCUT2D eigenvalue weighted by atomic mass is 10.2. The second kappa shape index (κ2) is 6.40. The fraction of sp³-hybridized carbons (Fsp3) is 0.615. The van der Waals surface area contributed by atoms with Crippen molar-refractivity contribution in [3.63, 3.8) is 0 Å². The number of nitrogens with two attached hydrogens (primary N) is 1. The standard InChI is InChI=1S/C13H22N4O3/c1-6-7(2)15-12(18)9(4)20-13(19)11-10(14)8(3)16-17(11)5/h7,9H,6,14H2,1-5H3,(H,15,18). The van der Waals surface area contributed by atoms with Crippen molar-refractivity contribution >= 4 is 17.6 Å². The Morgan fingerprint density at radius 2 is 2.05 bits per heavy atom. The largest absolute Gasteiger partial charge is 0.448 e. The maximum atomic E-state index is 12.0. The van der Waals surface area contributed by atoms with Crippen LogP contribution in [0.25, 0.3) is 0 Å². The van der Waals surface area contributed by atoms with Crippen molar-refractivity contribution in [2.45, 2.75) is 46.3 Å². The number of carbonyl (C=O) groups excluding carboxylic acids is 2. The lowest BCUT2D eigenvalue weighted by Crippen LogP contribution is -2.40. The highest BCUT2D eigenvalue weighted by molar-refractivity contribution is 5.95. The number of carbonyl (C=O) groups is 2. The summed E-state index contributed by atoms with van der Waals surface area (Å²) in [6, 6.07) is 0.0349. The SMILES string of the molecule is CCC(C)NC(=O)C(C)OC(=O)c1c(N)c(C)nn1C. The number of nitrogens with zero attached hydrogens (tertiary/aromatic N) is 2. The first-order valence-electron chi connectivity index (χ1n) is 6.58. The van der Waals surface area contributed by atoms with Crippen molar-refractivity contribution in [3.8, 4) is 0 Å². The Morgan fingerprint density at radius 1 is 1.45 bits per heavy atom. The van der Waals surface area contributed by atoms with Crippen LogP contribution in [0.5, 0.6) is 0 Å². The summed E-state index contributed by atoms with van der Waals surface area (Å²) in [4.78, 5) is 23.8. The Bertz CT molecular complexity index is 510. The Labute approximate surface area is 118 Å². The highest BCUT2D eigenvalue weighted by atomic mass is 16.5. The summed E-state index contributed by atoms with van der Waals surface area (Å²) in [5.74, 6) is -0.984. The predicted molar refractivity (Wildman–Crippen MR) is 75.1 cm³/mol. The second-order valence-corrected chi connectivity index (χ2v) is 4.84. The van der Waals surface area contributed by atoms with E-state index in [4.69, 9.17) is 10.5 Å². The average Bonchev–Trinajstić information content (AvgIpc) is 2.62. The Hall–Kier alpha value is -2.05. The topological polar surface area (TPSA) is 99.2 Å². The third kappa shape index (κ3) is 3.49. The molecule has 0 saturated heterocycles. The van der Waals surface area contributed by atoms with Crippen molar-refractivity contribution in [1.29, 1.82) is 0 Å². The summed E-state index contributed by atoms with van der Waals surface area (Å²) >= 11 is 0. The molecule has 1 rings (SSSR count). The van der Waals surface area contributed by atoms with Gasteiger partial charge in [0.2, 0.25) is 0 Å². The molecule has 0 aliphatic rings. The molecule has 112 valence electrons. The van der Waals surface area contributed by atoms with Crippen LogP contribution >= 0.6 is 0 Å². The van der Waals surface area contributed by atoms with Gasteiger partial charge in [0.25, 0.3) is 5.91 Å². The van der Waals surface area contributed by atoms with Crippen LogP contribution in [0.4, 0.5) is 5.69 Å². The number of esters is 1. The number of anilines is 1. The van der Waals surface area contributed by atoms with Gasteiger partial charge in [0.1, 0.15) is 0 Å². The molecule has 20 heavy (non-hydrogen) atoms. The van der Waals surface area contributed by atoms with E-state index in [1.807, 2.05) is 13.8 Å². The number of ether oxygens (including phenoxy) is 1. The van der Waals surface area contributed by atoms with Crippen LogP contribution in [0.15, 0.2) is 0 Å². The first-order chi connectivity index (χ1) is 9.27. The minimum absolute atomic E-state index is 0.0349. The van der Waals surface area contributed by atoms with Crippen molar-refractivity contribution < 1.29 is 14.3 Å². The number of rotatable bonds is 5. The van der Waals surface area contributed by atoms with Crippen LogP contribution in [0.3, 0.4) is 0 Å². The number of nitrogen functional groups attached to an aromatic ring is 1. The molecule has 0 spiro atoms. The molecule has 1 aromatic rings. The van der Waals surface area contributed by atoms with Crippen LogP contribution < -0.4 is 11.1 Å². The number of amides is 1. The zero-order chi connectivity index (χ0) is 15.4. The molecule has 1 heterocycles. The highest BCUT2D eigenvalue weighted by Crippen LogP contribution is 2.16. The van der Waals surface area contributed by atoms with Crippen molar-refractivity contribution in [2.24, 2.45) is 7.05 Å². The fourth-order valence-corrected chi connectivity index (χ4v) is 1.65. The quantitative estimate of drug-likeness (QED) is 0.777. The summed E-state index contributed by atoms with van der Waals surface area (Å²) < 4.78 is 6.48. The van der Waals surface area contributed by atoms with Gasteiger partial charge in [-0.1, -0.05) is 6.92 Å². The highest BCUT2D eigenvalue weighted by Gasteiger charge is 2.24. The lowest BCUT2D eigenvalue weighted by Gasteiger charge is -2.16. The van der Waals surface area contributed by atoms with E-state index in [0.29, 0.717) is 5.69 Å². The molecular weight excluding hydrogens is 260 g/mol. The van der Waals surface area contributed by atoms with Gasteiger partial charge in [-0.25, -0.2) is 4.79 Å². The summed E-state index contributed by atoms with van der Waals surface area (Å²) in [6.07, 6.45) is -0.0774. The molecule has 7 heteroatoms. The van der Waals surface area contributed by atoms with Gasteiger partial charge in [-0.3, -0.25) is 9.48 Å². The molecule has 0 bridgehead atoms. The maximum Gasteiger partial charge on any atom is 0.359 e. The van der Waals surface area contributed by atoms with E-state index in [-0.39, 0.29) is 23.3 Å². The number of aromatic nitrogens is 2. The third-order valence-electron chi connectivity index (χ3n) is 3.12. The van der Waals surface area contributed by atoms with E-state index in [9.17, 15) is 9.59 Å². The van der Waals surface area contributed by atoms with Crippen LogP contribution in [-0.4, -0.2) is 33.8 Å². The van der Waals surface area contributed by atoms with E-state index in [1.54, 1.807) is 14.0 Å². The van der Waals surface area contributed by atoms with Gasteiger partial charge in [0.15, 0.2) is 11.8 Å². The van der Waals surface area contributed by atoms with E-state index in [0.717, 1.165) is 6.42 Å². The minimum atomic E-state index is -0.883. The maximum absolute atomic E-state index is 12.0. The Morgan fingerprint density at radius 3 is 2.50 bits per heavy atom. The molecule has 0 aliphatic carbocycles. The molecule has 7 nitrogen and oxygen atoms in total. The zero-order valence-corrected chi connectivity index (χ0v) is 12.6. The normalized spacial score (nSPS) is 13.7. The number of aryl methyl sites for hydroxylation is 2. The molecule has 2 unspecified atom stereocenters. The summed E-state index contributed by atoms with van der Waals surface area (Å²) in [6.45, 7) is 7.07. The lowest BCUT2D eigenvalue weighted by molar-refractivity contribution is -0.129. The molecular formula is C13H22N4O3. The summed E-state index contributed by atoms with van der Waals surface area (Å²) in [5, 5.41) is 6.79. The van der Waals surface area contributed by atoms with Crippen LogP contribution in [-0.2, 0) is 16.6 Å². The molecule has 0 fully saturated rings. The molecule has 0 aliphatic heterocycles. The van der Waals surface area contributed by atoms with Crippen molar-refractivity contribution in [1.82, 2.24) is 15.1 Å². The summed E-state index contributed by atoms with van der Waals surface area (Å²) in [5.41, 5.74) is 6.75. The first kappa shape index (κ1) is 16.0. The molecule has 1 amide bonds. The van der Waals surface area contributed by atoms with E-state index in [1.165, 1.54) is 11.6 Å². The predicted octanol–water partition coefficient (Wildman–Crippen LogP) is 0.771. The molecule has 0 aromatic carbocycles. The Kier molecular flexibility index (Phi) is 5.12. The number of nitrogens with one attached hydrogen (secondary N) is 1. The van der Waals surface area contributed by atoms with Crippen LogP contribution in [0.1, 0.15) is 43.4 Å². The third-order valence-corrected chi connectivity index (χ3v) is 3.12. The van der Waals surface area contributed by atoms with E-state index < -0.39 is 12.1 Å². The van der Waals surface area contributed by atoms with Gasteiger partial charge in [-0.2, -0.15) is 5.10 Å². The van der Waals surface area contributed by atoms with Crippen LogP contribution in [0.2, 0.25) is 0 Å². The van der Waals surface area contributed by atoms with Gasteiger partial charge < -0.3 is 15.8 Å². The second-order valence-electron chi connectivity index (χ2n) is 4.84. The van der Waals surface area contributed by atoms with Crippen LogP contribution in [0, 0.1) is 6.92 Å². The average molecular weight is 282 g/mol. The van der Waals surface area contributed by atoms with Crippen molar-refractivity contribution in [3.05, 3.63) is 11.4 Å². The minimum Gasteiger partial charge on any atom is -0.448 e. The molecule has 0 saturated carbocycles. The molecule has 1 aromatic heterocycles. The smallest absolute Gasteiger partial charge is 0.359 e. The number of hydrogen-bond acceptors (Lipinski definition) is 5. The Balaban J connectivity index is 2.73. The fourth-order valence-electron chi connectivity index (χ4n) is 1.65. The first-order valence-corrected chi connectivity index (χ1v) is 6.58. The molecule has 0 radical (unpaired) electrons. The van der Waals surface area contributed by atoms with Gasteiger partial charge in [-0.15, -0.1) is 0 Å². The van der Waals surface area contributed by atoms with Gasteiger partial charge in [0.05, 0.1) is 11.4 Å². The summed E-state index contributed by atoms with van der Waals surface area (Å²) in [7, 11) is 1.60. The van der Waals surface area contributed by atoms with E-state index >= 15 is 0 Å². The van der Waals surface area contributed by atoms with Crippen molar-refractivity contribution in [2.75, 3.05) is 5.73 Å². The van der Waals surface area contributed by atoms with Gasteiger partial charge in [0, 0.05) is 13.1 Å². The van der Waals surface area contributed by atoms with Gasteiger partial charge >= 0.3 is 5.97 Å².